The number of nitrogens with zero attached hydrogens (tertiary/aromatic N) is 2. The number of benzene rings is 1. The fourth-order valence-corrected chi connectivity index (χ4v) is 1.85. The molecule has 0 bridgehead atoms. The first-order valence-corrected chi connectivity index (χ1v) is 5.98. The molecule has 1 heterocycles. The van der Waals surface area contributed by atoms with Crippen molar-refractivity contribution >= 4 is 11.4 Å². The number of methoxy groups -OCH3 is 1. The Morgan fingerprint density at radius 3 is 2.70 bits per heavy atom. The topological polar surface area (TPSA) is 69.3 Å². The van der Waals surface area contributed by atoms with Crippen LogP contribution in [-0.2, 0) is 6.54 Å². The van der Waals surface area contributed by atoms with Crippen LogP contribution in [0.5, 0.6) is 5.75 Å². The van der Waals surface area contributed by atoms with Crippen LogP contribution >= 0.6 is 0 Å². The van der Waals surface area contributed by atoms with E-state index in [1.54, 1.807) is 0 Å². The van der Waals surface area contributed by atoms with Crippen LogP contribution in [0, 0.1) is 15.9 Å². The largest absolute Gasteiger partial charge is 0.497 e. The fraction of sp³-hybridized carbons (Fsp3) is 0.231. The van der Waals surface area contributed by atoms with E-state index in [1.807, 2.05) is 29.1 Å². The number of anilines is 1. The molecule has 0 unspecified atom stereocenters. The number of hydrogen-bond donors (Lipinski definition) is 1. The Morgan fingerprint density at radius 1 is 1.40 bits per heavy atom. The molecule has 20 heavy (non-hydrogen) atoms. The highest BCUT2D eigenvalue weighted by Crippen LogP contribution is 2.32. The summed E-state index contributed by atoms with van der Waals surface area (Å²) >= 11 is 0. The van der Waals surface area contributed by atoms with Gasteiger partial charge < -0.3 is 14.6 Å². The molecule has 0 radical (unpaired) electrons. The lowest BCUT2D eigenvalue weighted by Crippen LogP contribution is -2.11. The highest BCUT2D eigenvalue weighted by atomic mass is 19.1. The maximum absolute atomic E-state index is 13.7. The van der Waals surface area contributed by atoms with Crippen LogP contribution in [0.15, 0.2) is 36.7 Å². The van der Waals surface area contributed by atoms with Gasteiger partial charge in [-0.1, -0.05) is 0 Å². The van der Waals surface area contributed by atoms with Crippen LogP contribution in [0.25, 0.3) is 0 Å². The Balaban J connectivity index is 2.16. The summed E-state index contributed by atoms with van der Waals surface area (Å²) in [5, 5.41) is 13.8. The fourth-order valence-electron chi connectivity index (χ4n) is 1.85. The zero-order valence-corrected chi connectivity index (χ0v) is 10.9. The smallest absolute Gasteiger partial charge is 0.327 e. The molecule has 0 aliphatic heterocycles. The highest BCUT2D eigenvalue weighted by Gasteiger charge is 2.21. The molecule has 6 nitrogen and oxygen atoms in total. The second-order valence-corrected chi connectivity index (χ2v) is 4.11. The van der Waals surface area contributed by atoms with Gasteiger partial charge in [0.15, 0.2) is 0 Å². The van der Waals surface area contributed by atoms with Crippen LogP contribution in [0.4, 0.5) is 15.8 Å². The van der Waals surface area contributed by atoms with Gasteiger partial charge in [-0.3, -0.25) is 10.1 Å². The second kappa shape index (κ2) is 6.05. The summed E-state index contributed by atoms with van der Waals surface area (Å²) < 4.78 is 20.5. The third-order valence-corrected chi connectivity index (χ3v) is 2.81. The number of ether oxygens (including phenoxy) is 1. The maximum Gasteiger partial charge on any atom is 0.327 e. The van der Waals surface area contributed by atoms with E-state index in [-0.39, 0.29) is 11.4 Å². The monoisotopic (exact) mass is 279 g/mol. The van der Waals surface area contributed by atoms with Crippen LogP contribution in [0.3, 0.4) is 0 Å². The van der Waals surface area contributed by atoms with E-state index in [1.165, 1.54) is 13.2 Å². The maximum atomic E-state index is 13.7. The predicted octanol–water partition coefficient (Wildman–Crippen LogP) is 2.66. The van der Waals surface area contributed by atoms with E-state index < -0.39 is 16.4 Å². The average molecular weight is 279 g/mol. The van der Waals surface area contributed by atoms with Gasteiger partial charge in [0.05, 0.1) is 12.0 Å². The molecule has 0 atom stereocenters. The lowest BCUT2D eigenvalue weighted by molar-refractivity contribution is -0.386. The van der Waals surface area contributed by atoms with Gasteiger partial charge in [-0.2, -0.15) is 4.39 Å². The average Bonchev–Trinajstić information content (AvgIpc) is 2.90. The number of nitro benzene ring substituents is 1. The van der Waals surface area contributed by atoms with Gasteiger partial charge in [-0.25, -0.2) is 0 Å². The SMILES string of the molecule is COc1cc(F)c([N+](=O)[O-])c(NCCn2cccc2)c1. The summed E-state index contributed by atoms with van der Waals surface area (Å²) in [4.78, 5) is 10.2. The highest BCUT2D eigenvalue weighted by molar-refractivity contribution is 5.65. The minimum Gasteiger partial charge on any atom is -0.497 e. The van der Waals surface area contributed by atoms with Gasteiger partial charge in [0.1, 0.15) is 11.4 Å². The molecule has 0 fully saturated rings. The molecule has 0 amide bonds. The zero-order chi connectivity index (χ0) is 14.5. The van der Waals surface area contributed by atoms with Crippen LogP contribution in [0.2, 0.25) is 0 Å². The first-order chi connectivity index (χ1) is 9.61. The van der Waals surface area contributed by atoms with Crippen molar-refractivity contribution in [2.24, 2.45) is 0 Å². The number of hydrogen-bond acceptors (Lipinski definition) is 4. The molecule has 0 saturated heterocycles. The number of nitro groups is 1. The van der Waals surface area contributed by atoms with Crippen LogP contribution in [0.1, 0.15) is 0 Å². The molecule has 0 aliphatic carbocycles. The third kappa shape index (κ3) is 3.05. The van der Waals surface area contributed by atoms with Gasteiger partial charge in [-0.05, 0) is 12.1 Å². The van der Waals surface area contributed by atoms with Crippen LogP contribution in [-0.4, -0.2) is 23.1 Å². The summed E-state index contributed by atoms with van der Waals surface area (Å²) in [6.45, 7) is 1.05. The molecule has 106 valence electrons. The Hall–Kier alpha value is -2.57. The lowest BCUT2D eigenvalue weighted by Gasteiger charge is -2.10. The number of rotatable bonds is 6. The van der Waals surface area contributed by atoms with E-state index in [4.69, 9.17) is 4.74 Å². The van der Waals surface area contributed by atoms with Gasteiger partial charge in [0, 0.05) is 37.6 Å². The normalized spacial score (nSPS) is 10.3. The van der Waals surface area contributed by atoms with Crippen molar-refractivity contribution in [2.75, 3.05) is 19.0 Å². The summed E-state index contributed by atoms with van der Waals surface area (Å²) in [6.07, 6.45) is 3.75. The van der Waals surface area contributed by atoms with Crippen molar-refractivity contribution in [2.45, 2.75) is 6.54 Å². The number of nitrogens with one attached hydrogen (secondary N) is 1. The molecule has 0 spiro atoms. The second-order valence-electron chi connectivity index (χ2n) is 4.11. The molecule has 1 N–H and O–H groups in total. The van der Waals surface area contributed by atoms with E-state index in [0.717, 1.165) is 6.07 Å². The lowest BCUT2D eigenvalue weighted by atomic mass is 10.2. The van der Waals surface area contributed by atoms with E-state index in [0.29, 0.717) is 13.1 Å². The molecule has 0 saturated carbocycles. The standard InChI is InChI=1S/C13H14FN3O3/c1-20-10-8-11(14)13(17(18)19)12(9-10)15-4-7-16-5-2-3-6-16/h2-3,5-6,8-9,15H,4,7H2,1H3. The Kier molecular flexibility index (Phi) is 4.19. The molecular formula is C13H14FN3O3. The Morgan fingerprint density at radius 2 is 2.10 bits per heavy atom. The zero-order valence-electron chi connectivity index (χ0n) is 10.9. The molecule has 2 aromatic rings. The Labute approximate surface area is 114 Å². The molecule has 1 aromatic carbocycles. The molecule has 7 heteroatoms. The van der Waals surface area contributed by atoms with Gasteiger partial charge >= 0.3 is 5.69 Å². The molecule has 0 aliphatic rings. The van der Waals surface area contributed by atoms with Gasteiger partial charge in [0.25, 0.3) is 0 Å². The number of aromatic nitrogens is 1. The van der Waals surface area contributed by atoms with E-state index in [2.05, 4.69) is 5.32 Å². The first kappa shape index (κ1) is 13.9. The van der Waals surface area contributed by atoms with Crippen molar-refractivity contribution < 1.29 is 14.1 Å². The summed E-state index contributed by atoms with van der Waals surface area (Å²) in [5.41, 5.74) is -0.461. The summed E-state index contributed by atoms with van der Waals surface area (Å²) in [6, 6.07) is 6.17. The van der Waals surface area contributed by atoms with Gasteiger partial charge in [0.2, 0.25) is 5.82 Å². The van der Waals surface area contributed by atoms with Crippen molar-refractivity contribution in [3.63, 3.8) is 0 Å². The minimum absolute atomic E-state index is 0.110. The minimum atomic E-state index is -0.919. The van der Waals surface area contributed by atoms with E-state index >= 15 is 0 Å². The van der Waals surface area contributed by atoms with Crippen LogP contribution < -0.4 is 10.1 Å². The van der Waals surface area contributed by atoms with Gasteiger partial charge in [-0.15, -0.1) is 0 Å². The third-order valence-electron chi connectivity index (χ3n) is 2.81. The first-order valence-electron chi connectivity index (χ1n) is 5.98. The summed E-state index contributed by atoms with van der Waals surface area (Å²) in [7, 11) is 1.38. The molecular weight excluding hydrogens is 265 g/mol. The molecule has 1 aromatic heterocycles. The Bertz CT molecular complexity index is 599. The summed E-state index contributed by atoms with van der Waals surface area (Å²) in [5.74, 6) is -0.686. The van der Waals surface area contributed by atoms with Crippen molar-refractivity contribution in [3.05, 3.63) is 52.6 Å². The quantitative estimate of drug-likeness (QED) is 0.652. The molecule has 2 rings (SSSR count). The van der Waals surface area contributed by atoms with E-state index in [9.17, 15) is 14.5 Å². The van der Waals surface area contributed by atoms with Crippen molar-refractivity contribution in [1.29, 1.82) is 0 Å². The van der Waals surface area contributed by atoms with Crippen molar-refractivity contribution in [1.82, 2.24) is 4.57 Å². The number of halogens is 1. The predicted molar refractivity (Wildman–Crippen MR) is 72.5 cm³/mol. The van der Waals surface area contributed by atoms with Crippen molar-refractivity contribution in [3.8, 4) is 5.75 Å².